The van der Waals surface area contributed by atoms with Gasteiger partial charge in [0, 0.05) is 48.1 Å². The zero-order valence-corrected chi connectivity index (χ0v) is 27.0. The minimum absolute atomic E-state index is 0.0239. The number of hydrogen-bond acceptors (Lipinski definition) is 9. The normalized spacial score (nSPS) is 19.0. The van der Waals surface area contributed by atoms with Gasteiger partial charge in [0.25, 0.3) is 0 Å². The second-order valence-corrected chi connectivity index (χ2v) is 13.4. The van der Waals surface area contributed by atoms with E-state index in [-0.39, 0.29) is 30.9 Å². The summed E-state index contributed by atoms with van der Waals surface area (Å²) in [6.45, 7) is 7.90. The molecule has 13 heteroatoms. The Labute approximate surface area is 266 Å². The molecule has 1 aliphatic heterocycles. The predicted octanol–water partition coefficient (Wildman–Crippen LogP) is 5.57. The number of primary amides is 1. The number of aromatic nitrogens is 2. The number of pyridine rings is 1. The first-order valence-electron chi connectivity index (χ1n) is 15.2. The molecule has 2 aromatic heterocycles. The van der Waals surface area contributed by atoms with Crippen LogP contribution in [-0.4, -0.2) is 71.3 Å². The van der Waals surface area contributed by atoms with Crippen molar-refractivity contribution < 1.29 is 37.4 Å². The number of piperidine rings is 1. The fourth-order valence-electron chi connectivity index (χ4n) is 6.88. The van der Waals surface area contributed by atoms with Crippen LogP contribution in [0.1, 0.15) is 79.7 Å². The van der Waals surface area contributed by atoms with Crippen LogP contribution in [0.3, 0.4) is 0 Å². The Hall–Kier alpha value is -4.26. The lowest BCUT2D eigenvalue weighted by Crippen LogP contribution is -2.53. The number of likely N-dealkylation sites (tertiary alicyclic amines) is 1. The van der Waals surface area contributed by atoms with Crippen LogP contribution >= 0.6 is 0 Å². The Morgan fingerprint density at radius 2 is 1.87 bits per heavy atom. The van der Waals surface area contributed by atoms with Gasteiger partial charge in [-0.3, -0.25) is 14.3 Å². The van der Waals surface area contributed by atoms with Crippen molar-refractivity contribution in [3.63, 3.8) is 0 Å². The van der Waals surface area contributed by atoms with Gasteiger partial charge in [-0.1, -0.05) is 6.07 Å². The topological polar surface area (TPSA) is 138 Å². The van der Waals surface area contributed by atoms with E-state index in [1.54, 1.807) is 40.1 Å². The van der Waals surface area contributed by atoms with E-state index < -0.39 is 41.0 Å². The number of amides is 1. The van der Waals surface area contributed by atoms with Crippen molar-refractivity contribution in [3.8, 4) is 5.75 Å². The Morgan fingerprint density at radius 1 is 1.15 bits per heavy atom. The fourth-order valence-corrected chi connectivity index (χ4v) is 6.88. The van der Waals surface area contributed by atoms with E-state index in [0.717, 1.165) is 16.5 Å². The summed E-state index contributed by atoms with van der Waals surface area (Å²) in [5, 5.41) is 3.73. The number of hydrogen-bond donors (Lipinski definition) is 2. The van der Waals surface area contributed by atoms with E-state index >= 15 is 0 Å². The standard InChI is InChI=1S/C33H41F2N5O6/c1-19-13-25(44-5)22(20-9-11-40(27(19)20)30(43)46-31(2,3)4)16-39-12-10-32(17-33(34,35)18-32)14-24(39)21-7-8-23(29(42)45-6)38-28(21)37-15-26(36)41/h7-9,11,13,24H,10,12,14-18H2,1-6H3,(H2,36,41)(H,37,38)/t24-/m0/s1. The summed E-state index contributed by atoms with van der Waals surface area (Å²) in [6, 6.07) is 6.55. The van der Waals surface area contributed by atoms with Gasteiger partial charge >= 0.3 is 12.1 Å². The molecule has 1 amide bonds. The van der Waals surface area contributed by atoms with Crippen molar-refractivity contribution in [1.82, 2.24) is 14.5 Å². The third-order valence-corrected chi connectivity index (χ3v) is 8.78. The van der Waals surface area contributed by atoms with Crippen molar-refractivity contribution in [1.29, 1.82) is 0 Å². The van der Waals surface area contributed by atoms with Gasteiger partial charge in [0.15, 0.2) is 5.69 Å². The summed E-state index contributed by atoms with van der Waals surface area (Å²) >= 11 is 0. The maximum absolute atomic E-state index is 14.3. The Balaban J connectivity index is 1.59. The molecule has 46 heavy (non-hydrogen) atoms. The molecule has 1 aliphatic carbocycles. The molecule has 1 aromatic carbocycles. The molecule has 1 atom stereocenters. The zero-order valence-electron chi connectivity index (χ0n) is 27.0. The molecule has 1 saturated heterocycles. The van der Waals surface area contributed by atoms with Crippen LogP contribution < -0.4 is 15.8 Å². The number of fused-ring (bicyclic) bond motifs is 1. The second-order valence-electron chi connectivity index (χ2n) is 13.4. The van der Waals surface area contributed by atoms with E-state index in [4.69, 9.17) is 19.9 Å². The highest BCUT2D eigenvalue weighted by atomic mass is 19.3. The van der Waals surface area contributed by atoms with E-state index in [9.17, 15) is 23.2 Å². The first-order valence-corrected chi connectivity index (χ1v) is 15.2. The van der Waals surface area contributed by atoms with Crippen LogP contribution in [0.25, 0.3) is 10.9 Å². The number of nitrogens with two attached hydrogens (primary N) is 1. The van der Waals surface area contributed by atoms with Gasteiger partial charge < -0.3 is 25.3 Å². The highest BCUT2D eigenvalue weighted by molar-refractivity contribution is 5.95. The van der Waals surface area contributed by atoms with E-state index in [1.807, 2.05) is 19.1 Å². The molecular formula is C33H41F2N5O6. The minimum Gasteiger partial charge on any atom is -0.496 e. The number of carbonyl (C=O) groups is 3. The van der Waals surface area contributed by atoms with E-state index in [1.165, 1.54) is 17.7 Å². The number of aryl methyl sites for hydroxylation is 1. The van der Waals surface area contributed by atoms with Crippen molar-refractivity contribution in [3.05, 3.63) is 52.8 Å². The molecule has 0 radical (unpaired) electrons. The molecule has 11 nitrogen and oxygen atoms in total. The number of benzene rings is 1. The van der Waals surface area contributed by atoms with Gasteiger partial charge in [0.1, 0.15) is 17.2 Å². The second kappa shape index (κ2) is 12.2. The van der Waals surface area contributed by atoms with E-state index in [0.29, 0.717) is 42.8 Å². The molecule has 3 heterocycles. The largest absolute Gasteiger partial charge is 0.496 e. The van der Waals surface area contributed by atoms with Gasteiger partial charge in [-0.25, -0.2) is 23.4 Å². The van der Waals surface area contributed by atoms with Crippen molar-refractivity contribution in [2.75, 3.05) is 32.6 Å². The summed E-state index contributed by atoms with van der Waals surface area (Å²) in [5.74, 6) is -3.15. The quantitative estimate of drug-likeness (QED) is 0.302. The van der Waals surface area contributed by atoms with Gasteiger partial charge in [-0.15, -0.1) is 0 Å². The Kier molecular flexibility index (Phi) is 8.75. The lowest BCUT2D eigenvalue weighted by atomic mass is 9.59. The SMILES string of the molecule is COC(=O)c1ccc([C@@H]2CC3(CCN2Cc2c(OC)cc(C)c4c2ccn4C(=O)OC(C)(C)C)CC(F)(F)C3)c(NCC(N)=O)n1. The highest BCUT2D eigenvalue weighted by Crippen LogP contribution is 2.61. The van der Waals surface area contributed by atoms with Gasteiger partial charge in [-0.05, 0) is 76.3 Å². The summed E-state index contributed by atoms with van der Waals surface area (Å²) in [5.41, 5.74) is 7.13. The molecule has 2 aliphatic rings. The Morgan fingerprint density at radius 3 is 2.48 bits per heavy atom. The Bertz CT molecular complexity index is 1670. The number of esters is 1. The van der Waals surface area contributed by atoms with Gasteiger partial charge in [-0.2, -0.15) is 0 Å². The summed E-state index contributed by atoms with van der Waals surface area (Å²) in [4.78, 5) is 43.8. The highest BCUT2D eigenvalue weighted by Gasteiger charge is 2.58. The summed E-state index contributed by atoms with van der Waals surface area (Å²) < 4.78 is 46.4. The molecule has 0 bridgehead atoms. The molecule has 1 saturated carbocycles. The lowest BCUT2D eigenvalue weighted by molar-refractivity contribution is -0.186. The molecular weight excluding hydrogens is 600 g/mol. The summed E-state index contributed by atoms with van der Waals surface area (Å²) in [7, 11) is 2.82. The molecule has 2 fully saturated rings. The first kappa shape index (κ1) is 33.1. The average molecular weight is 642 g/mol. The fraction of sp³-hybridized carbons (Fsp3) is 0.515. The maximum atomic E-state index is 14.3. The number of carbonyl (C=O) groups excluding carboxylic acids is 3. The zero-order chi connectivity index (χ0) is 33.6. The third-order valence-electron chi connectivity index (χ3n) is 8.78. The number of rotatable bonds is 8. The third kappa shape index (κ3) is 6.64. The monoisotopic (exact) mass is 641 g/mol. The van der Waals surface area contributed by atoms with Crippen LogP contribution in [0.2, 0.25) is 0 Å². The molecule has 0 unspecified atom stereocenters. The van der Waals surface area contributed by atoms with Crippen LogP contribution in [0.5, 0.6) is 5.75 Å². The first-order chi connectivity index (χ1) is 21.5. The molecule has 248 valence electrons. The van der Waals surface area contributed by atoms with Crippen molar-refractivity contribution >= 4 is 34.7 Å². The molecule has 3 aromatic rings. The molecule has 3 N–H and O–H groups in total. The van der Waals surface area contributed by atoms with Crippen LogP contribution in [0, 0.1) is 12.3 Å². The number of alkyl halides is 2. The van der Waals surface area contributed by atoms with Crippen LogP contribution in [0.4, 0.5) is 19.4 Å². The number of nitrogens with zero attached hydrogens (tertiary/aromatic N) is 3. The summed E-state index contributed by atoms with van der Waals surface area (Å²) in [6.07, 6.45) is 1.72. The van der Waals surface area contributed by atoms with Gasteiger partial charge in [0.2, 0.25) is 11.8 Å². The van der Waals surface area contributed by atoms with Crippen molar-refractivity contribution in [2.24, 2.45) is 11.1 Å². The number of ether oxygens (including phenoxy) is 3. The average Bonchev–Trinajstić information content (AvgIpc) is 3.42. The molecule has 5 rings (SSSR count). The van der Waals surface area contributed by atoms with Crippen LogP contribution in [-0.2, 0) is 20.8 Å². The maximum Gasteiger partial charge on any atom is 0.419 e. The van der Waals surface area contributed by atoms with Crippen molar-refractivity contribution in [2.45, 2.75) is 77.5 Å². The molecule has 1 spiro atoms. The predicted molar refractivity (Wildman–Crippen MR) is 167 cm³/mol. The number of methoxy groups -OCH3 is 2. The van der Waals surface area contributed by atoms with Gasteiger partial charge in [0.05, 0.1) is 26.3 Å². The lowest BCUT2D eigenvalue weighted by Gasteiger charge is -2.54. The van der Waals surface area contributed by atoms with Crippen LogP contribution in [0.15, 0.2) is 30.5 Å². The number of nitrogens with one attached hydrogen (secondary N) is 1. The minimum atomic E-state index is -2.72. The number of halogens is 2. The smallest absolute Gasteiger partial charge is 0.419 e. The van der Waals surface area contributed by atoms with E-state index in [2.05, 4.69) is 15.2 Å². The number of anilines is 1.